The SMILES string of the molecule is CC(=O)N1CCC(C(=O)N2CCC(c3ccccc3C)C2)CC1. The smallest absolute Gasteiger partial charge is 0.225 e. The highest BCUT2D eigenvalue weighted by Crippen LogP contribution is 2.31. The second-order valence-electron chi connectivity index (χ2n) is 6.91. The van der Waals surface area contributed by atoms with Crippen LogP contribution in [0.25, 0.3) is 0 Å². The van der Waals surface area contributed by atoms with Crippen LogP contribution in [-0.2, 0) is 9.59 Å². The van der Waals surface area contributed by atoms with Gasteiger partial charge in [0.1, 0.15) is 0 Å². The van der Waals surface area contributed by atoms with Crippen molar-refractivity contribution in [2.24, 2.45) is 5.92 Å². The van der Waals surface area contributed by atoms with Crippen LogP contribution in [0.3, 0.4) is 0 Å². The van der Waals surface area contributed by atoms with Crippen LogP contribution in [0, 0.1) is 12.8 Å². The Hall–Kier alpha value is -1.84. The predicted octanol–water partition coefficient (Wildman–Crippen LogP) is 2.57. The van der Waals surface area contributed by atoms with E-state index < -0.39 is 0 Å². The van der Waals surface area contributed by atoms with Gasteiger partial charge in [0.05, 0.1) is 0 Å². The number of piperidine rings is 1. The van der Waals surface area contributed by atoms with Crippen LogP contribution in [0.15, 0.2) is 24.3 Å². The summed E-state index contributed by atoms with van der Waals surface area (Å²) in [6.07, 6.45) is 2.68. The maximum atomic E-state index is 12.8. The summed E-state index contributed by atoms with van der Waals surface area (Å²) in [7, 11) is 0. The summed E-state index contributed by atoms with van der Waals surface area (Å²) in [6, 6.07) is 8.50. The number of carbonyl (C=O) groups is 2. The van der Waals surface area contributed by atoms with Crippen molar-refractivity contribution in [3.05, 3.63) is 35.4 Å². The van der Waals surface area contributed by atoms with E-state index in [1.165, 1.54) is 11.1 Å². The minimum Gasteiger partial charge on any atom is -0.343 e. The Morgan fingerprint density at radius 2 is 1.65 bits per heavy atom. The van der Waals surface area contributed by atoms with Crippen molar-refractivity contribution in [2.45, 2.75) is 39.0 Å². The summed E-state index contributed by atoms with van der Waals surface area (Å²) in [6.45, 7) is 6.91. The first-order valence-electron chi connectivity index (χ1n) is 8.66. The molecule has 0 aliphatic carbocycles. The summed E-state index contributed by atoms with van der Waals surface area (Å²) in [5, 5.41) is 0. The molecule has 2 amide bonds. The van der Waals surface area contributed by atoms with Gasteiger partial charge in [-0.2, -0.15) is 0 Å². The van der Waals surface area contributed by atoms with Crippen LogP contribution >= 0.6 is 0 Å². The number of carbonyl (C=O) groups excluding carboxylic acids is 2. The van der Waals surface area contributed by atoms with Crippen LogP contribution < -0.4 is 0 Å². The Bertz CT molecular complexity index is 591. The number of hydrogen-bond acceptors (Lipinski definition) is 2. The molecule has 3 rings (SSSR count). The number of hydrogen-bond donors (Lipinski definition) is 0. The topological polar surface area (TPSA) is 40.6 Å². The maximum absolute atomic E-state index is 12.8. The molecular formula is C19H26N2O2. The number of aryl methyl sites for hydroxylation is 1. The Morgan fingerprint density at radius 3 is 2.30 bits per heavy atom. The lowest BCUT2D eigenvalue weighted by atomic mass is 9.94. The molecule has 4 nitrogen and oxygen atoms in total. The molecule has 1 unspecified atom stereocenters. The first kappa shape index (κ1) is 16.0. The lowest BCUT2D eigenvalue weighted by molar-refractivity contribution is -0.139. The summed E-state index contributed by atoms with van der Waals surface area (Å²) in [4.78, 5) is 28.1. The third-order valence-electron chi connectivity index (χ3n) is 5.42. The summed E-state index contributed by atoms with van der Waals surface area (Å²) in [5.74, 6) is 0.986. The van der Waals surface area contributed by atoms with Gasteiger partial charge in [-0.15, -0.1) is 0 Å². The number of likely N-dealkylation sites (tertiary alicyclic amines) is 2. The minimum atomic E-state index is 0.0984. The maximum Gasteiger partial charge on any atom is 0.225 e. The summed E-state index contributed by atoms with van der Waals surface area (Å²) >= 11 is 0. The highest BCUT2D eigenvalue weighted by Gasteiger charge is 2.33. The number of amides is 2. The number of rotatable bonds is 2. The van der Waals surface area contributed by atoms with Gasteiger partial charge in [-0.05, 0) is 37.3 Å². The molecule has 0 saturated carbocycles. The molecule has 1 aromatic carbocycles. The third kappa shape index (κ3) is 3.41. The zero-order valence-electron chi connectivity index (χ0n) is 14.1. The van der Waals surface area contributed by atoms with E-state index in [1.807, 2.05) is 9.80 Å². The van der Waals surface area contributed by atoms with E-state index in [1.54, 1.807) is 6.92 Å². The Morgan fingerprint density at radius 1 is 1.00 bits per heavy atom. The number of nitrogens with zero attached hydrogens (tertiary/aromatic N) is 2. The van der Waals surface area contributed by atoms with Crippen molar-refractivity contribution >= 4 is 11.8 Å². The Balaban J connectivity index is 1.58. The quantitative estimate of drug-likeness (QED) is 0.842. The molecule has 2 saturated heterocycles. The number of benzene rings is 1. The van der Waals surface area contributed by atoms with Gasteiger partial charge in [0.15, 0.2) is 0 Å². The molecule has 2 heterocycles. The fourth-order valence-corrected chi connectivity index (χ4v) is 3.96. The van der Waals surface area contributed by atoms with E-state index in [0.29, 0.717) is 11.8 Å². The lowest BCUT2D eigenvalue weighted by Gasteiger charge is -2.32. The second kappa shape index (κ2) is 6.73. The van der Waals surface area contributed by atoms with E-state index in [2.05, 4.69) is 31.2 Å². The van der Waals surface area contributed by atoms with Gasteiger partial charge in [-0.3, -0.25) is 9.59 Å². The molecule has 23 heavy (non-hydrogen) atoms. The monoisotopic (exact) mass is 314 g/mol. The summed E-state index contributed by atoms with van der Waals surface area (Å²) in [5.41, 5.74) is 2.70. The van der Waals surface area contributed by atoms with E-state index >= 15 is 0 Å². The van der Waals surface area contributed by atoms with Gasteiger partial charge in [0.25, 0.3) is 0 Å². The largest absolute Gasteiger partial charge is 0.343 e. The molecule has 0 bridgehead atoms. The minimum absolute atomic E-state index is 0.0984. The van der Waals surface area contributed by atoms with E-state index in [0.717, 1.165) is 45.4 Å². The van der Waals surface area contributed by atoms with E-state index in [4.69, 9.17) is 0 Å². The Kier molecular flexibility index (Phi) is 4.69. The first-order chi connectivity index (χ1) is 11.1. The van der Waals surface area contributed by atoms with Crippen LogP contribution in [0.4, 0.5) is 0 Å². The molecule has 2 aliphatic rings. The van der Waals surface area contributed by atoms with Crippen molar-refractivity contribution in [3.63, 3.8) is 0 Å². The zero-order chi connectivity index (χ0) is 16.4. The average molecular weight is 314 g/mol. The highest BCUT2D eigenvalue weighted by atomic mass is 16.2. The molecule has 0 radical (unpaired) electrons. The van der Waals surface area contributed by atoms with Gasteiger partial charge >= 0.3 is 0 Å². The standard InChI is InChI=1S/C19H26N2O2/c1-14-5-3-4-6-18(14)17-9-12-21(13-17)19(23)16-7-10-20(11-8-16)15(2)22/h3-6,16-17H,7-13H2,1-2H3. The molecule has 1 aromatic rings. The van der Waals surface area contributed by atoms with Crippen LogP contribution in [0.2, 0.25) is 0 Å². The summed E-state index contributed by atoms with van der Waals surface area (Å²) < 4.78 is 0. The van der Waals surface area contributed by atoms with Crippen molar-refractivity contribution in [3.8, 4) is 0 Å². The normalized spacial score (nSPS) is 22.4. The van der Waals surface area contributed by atoms with Crippen molar-refractivity contribution in [1.29, 1.82) is 0 Å². The predicted molar refractivity (Wildman–Crippen MR) is 90.1 cm³/mol. The van der Waals surface area contributed by atoms with Crippen molar-refractivity contribution in [2.75, 3.05) is 26.2 Å². The van der Waals surface area contributed by atoms with E-state index in [-0.39, 0.29) is 11.8 Å². The average Bonchev–Trinajstić information content (AvgIpc) is 3.04. The van der Waals surface area contributed by atoms with Crippen LogP contribution in [0.5, 0.6) is 0 Å². The molecular weight excluding hydrogens is 288 g/mol. The van der Waals surface area contributed by atoms with Crippen LogP contribution in [-0.4, -0.2) is 47.8 Å². The fourth-order valence-electron chi connectivity index (χ4n) is 3.96. The lowest BCUT2D eigenvalue weighted by Crippen LogP contribution is -2.43. The molecule has 2 aliphatic heterocycles. The molecule has 0 aromatic heterocycles. The zero-order valence-corrected chi connectivity index (χ0v) is 14.1. The first-order valence-corrected chi connectivity index (χ1v) is 8.66. The van der Waals surface area contributed by atoms with Crippen LogP contribution in [0.1, 0.15) is 43.2 Å². The van der Waals surface area contributed by atoms with Gasteiger partial charge in [0.2, 0.25) is 11.8 Å². The van der Waals surface area contributed by atoms with Gasteiger partial charge < -0.3 is 9.80 Å². The van der Waals surface area contributed by atoms with Gasteiger partial charge in [-0.1, -0.05) is 24.3 Å². The molecule has 2 fully saturated rings. The molecule has 0 N–H and O–H groups in total. The fraction of sp³-hybridized carbons (Fsp3) is 0.579. The van der Waals surface area contributed by atoms with Gasteiger partial charge in [-0.25, -0.2) is 0 Å². The molecule has 0 spiro atoms. The molecule has 4 heteroatoms. The van der Waals surface area contributed by atoms with E-state index in [9.17, 15) is 9.59 Å². The van der Waals surface area contributed by atoms with Gasteiger partial charge in [0, 0.05) is 44.9 Å². The molecule has 124 valence electrons. The van der Waals surface area contributed by atoms with Crippen molar-refractivity contribution < 1.29 is 9.59 Å². The molecule has 1 atom stereocenters. The Labute approximate surface area is 138 Å². The second-order valence-corrected chi connectivity index (χ2v) is 6.91. The van der Waals surface area contributed by atoms with Crippen molar-refractivity contribution in [1.82, 2.24) is 9.80 Å². The highest BCUT2D eigenvalue weighted by molar-refractivity contribution is 5.80. The third-order valence-corrected chi connectivity index (χ3v) is 5.42.